The standard InChI is InChI=1S/C19H22N4O4/c1-11-7-23(8-12(2)26-11)16-13(9-24)5-14-17(15(16)6-20)27-22-18(14)21-10-19(25)3-4-19/h5,9,11-12,25H,3-4,7-8,10H2,1-2H3,(H,21,22)/t11-,12-/m1/s1. The van der Waals surface area contributed by atoms with E-state index in [1.54, 1.807) is 6.07 Å². The molecule has 2 atom stereocenters. The largest absolute Gasteiger partial charge is 0.388 e. The van der Waals surface area contributed by atoms with Gasteiger partial charge in [0.15, 0.2) is 17.7 Å². The van der Waals surface area contributed by atoms with E-state index in [1.807, 2.05) is 18.7 Å². The summed E-state index contributed by atoms with van der Waals surface area (Å²) in [6.45, 7) is 5.45. The summed E-state index contributed by atoms with van der Waals surface area (Å²) in [6.07, 6.45) is 2.22. The minimum Gasteiger partial charge on any atom is -0.388 e. The van der Waals surface area contributed by atoms with Crippen LogP contribution in [0.3, 0.4) is 0 Å². The molecular weight excluding hydrogens is 348 g/mol. The number of aldehydes is 1. The van der Waals surface area contributed by atoms with Crippen LogP contribution in [0.15, 0.2) is 10.6 Å². The fraction of sp³-hybridized carbons (Fsp3) is 0.526. The molecule has 2 N–H and O–H groups in total. The van der Waals surface area contributed by atoms with Crippen LogP contribution in [0.25, 0.3) is 11.0 Å². The predicted molar refractivity (Wildman–Crippen MR) is 99.0 cm³/mol. The smallest absolute Gasteiger partial charge is 0.189 e. The van der Waals surface area contributed by atoms with Gasteiger partial charge < -0.3 is 24.6 Å². The first-order chi connectivity index (χ1) is 12.9. The lowest BCUT2D eigenvalue weighted by molar-refractivity contribution is -0.00526. The topological polar surface area (TPSA) is 112 Å². The van der Waals surface area contributed by atoms with Crippen LogP contribution in [0.4, 0.5) is 11.5 Å². The van der Waals surface area contributed by atoms with Gasteiger partial charge in [-0.3, -0.25) is 4.79 Å². The van der Waals surface area contributed by atoms with Crippen molar-refractivity contribution in [3.05, 3.63) is 17.2 Å². The number of anilines is 2. The third-order valence-electron chi connectivity index (χ3n) is 5.15. The van der Waals surface area contributed by atoms with Crippen molar-refractivity contribution < 1.29 is 19.2 Å². The SMILES string of the molecule is C[C@@H]1CN(c2c(C=O)cc3c(NCC4(O)CC4)noc3c2C#N)C[C@@H](C)O1. The molecule has 0 spiro atoms. The molecular formula is C19H22N4O4. The number of hydrogen-bond acceptors (Lipinski definition) is 8. The van der Waals surface area contributed by atoms with Gasteiger partial charge in [-0.05, 0) is 32.8 Å². The Labute approximate surface area is 156 Å². The molecule has 1 saturated heterocycles. The minimum absolute atomic E-state index is 0.0123. The van der Waals surface area contributed by atoms with Crippen LogP contribution in [0.5, 0.6) is 0 Å². The van der Waals surface area contributed by atoms with E-state index in [-0.39, 0.29) is 12.2 Å². The Kier molecular flexibility index (Phi) is 4.29. The van der Waals surface area contributed by atoms with Crippen LogP contribution >= 0.6 is 0 Å². The summed E-state index contributed by atoms with van der Waals surface area (Å²) in [4.78, 5) is 13.8. The number of hydrogen-bond donors (Lipinski definition) is 2. The second-order valence-corrected chi connectivity index (χ2v) is 7.57. The first-order valence-electron chi connectivity index (χ1n) is 9.12. The number of nitriles is 1. The van der Waals surface area contributed by atoms with E-state index < -0.39 is 5.60 Å². The Bertz CT molecular complexity index is 918. The highest BCUT2D eigenvalue weighted by atomic mass is 16.5. The van der Waals surface area contributed by atoms with Crippen molar-refractivity contribution in [1.29, 1.82) is 5.26 Å². The Hall–Kier alpha value is -2.63. The molecule has 1 aromatic carbocycles. The molecule has 27 heavy (non-hydrogen) atoms. The molecule has 1 aliphatic carbocycles. The molecule has 0 amide bonds. The van der Waals surface area contributed by atoms with Gasteiger partial charge in [-0.15, -0.1) is 0 Å². The van der Waals surface area contributed by atoms with Gasteiger partial charge in [-0.25, -0.2) is 0 Å². The predicted octanol–water partition coefficient (Wildman–Crippen LogP) is 2.06. The maximum atomic E-state index is 11.8. The normalized spacial score (nSPS) is 23.9. The molecule has 1 saturated carbocycles. The average Bonchev–Trinajstić information content (AvgIpc) is 3.23. The number of fused-ring (bicyclic) bond motifs is 1. The zero-order chi connectivity index (χ0) is 19.2. The first-order valence-corrected chi connectivity index (χ1v) is 9.12. The van der Waals surface area contributed by atoms with Crippen LogP contribution in [-0.2, 0) is 4.74 Å². The van der Waals surface area contributed by atoms with E-state index in [0.29, 0.717) is 53.2 Å². The van der Waals surface area contributed by atoms with Crippen LogP contribution in [-0.4, -0.2) is 54.0 Å². The Balaban J connectivity index is 1.77. The Morgan fingerprint density at radius 2 is 2.15 bits per heavy atom. The lowest BCUT2D eigenvalue weighted by Crippen LogP contribution is -2.46. The first kappa shape index (κ1) is 17.8. The molecule has 142 valence electrons. The monoisotopic (exact) mass is 370 g/mol. The molecule has 8 heteroatoms. The lowest BCUT2D eigenvalue weighted by Gasteiger charge is -2.37. The van der Waals surface area contributed by atoms with Gasteiger partial charge in [0.1, 0.15) is 11.6 Å². The number of rotatable bonds is 5. The molecule has 4 rings (SSSR count). The highest BCUT2D eigenvalue weighted by Gasteiger charge is 2.40. The number of nitrogens with one attached hydrogen (secondary N) is 1. The summed E-state index contributed by atoms with van der Waals surface area (Å²) < 4.78 is 11.2. The zero-order valence-electron chi connectivity index (χ0n) is 15.4. The maximum absolute atomic E-state index is 11.8. The Morgan fingerprint density at radius 1 is 1.44 bits per heavy atom. The fourth-order valence-electron chi connectivity index (χ4n) is 3.68. The summed E-state index contributed by atoms with van der Waals surface area (Å²) in [7, 11) is 0. The van der Waals surface area contributed by atoms with Gasteiger partial charge in [-0.1, -0.05) is 5.16 Å². The van der Waals surface area contributed by atoms with E-state index in [2.05, 4.69) is 16.5 Å². The van der Waals surface area contributed by atoms with Gasteiger partial charge in [0, 0.05) is 25.2 Å². The van der Waals surface area contributed by atoms with E-state index in [9.17, 15) is 15.2 Å². The van der Waals surface area contributed by atoms with Crippen molar-refractivity contribution in [3.8, 4) is 6.07 Å². The number of morpholine rings is 1. The molecule has 0 bridgehead atoms. The van der Waals surface area contributed by atoms with Crippen molar-refractivity contribution in [2.75, 3.05) is 29.9 Å². The zero-order valence-corrected chi connectivity index (χ0v) is 15.4. The number of carbonyl (C=O) groups excluding carboxylic acids is 1. The second kappa shape index (κ2) is 6.51. The number of ether oxygens (including phenoxy) is 1. The molecule has 0 radical (unpaired) electrons. The second-order valence-electron chi connectivity index (χ2n) is 7.57. The molecule has 1 aromatic heterocycles. The summed E-state index contributed by atoms with van der Waals surface area (Å²) in [5.41, 5.74) is 0.913. The molecule has 8 nitrogen and oxygen atoms in total. The number of benzene rings is 1. The molecule has 0 unspecified atom stereocenters. The number of aliphatic hydroxyl groups is 1. The summed E-state index contributed by atoms with van der Waals surface area (Å²) in [5.74, 6) is 0.431. The van der Waals surface area contributed by atoms with Crippen molar-refractivity contribution >= 4 is 28.8 Å². The van der Waals surface area contributed by atoms with E-state index in [1.165, 1.54) is 0 Å². The third kappa shape index (κ3) is 3.24. The number of nitrogens with zero attached hydrogens (tertiary/aromatic N) is 3. The highest BCUT2D eigenvalue weighted by Crippen LogP contribution is 2.38. The fourth-order valence-corrected chi connectivity index (χ4v) is 3.68. The molecule has 2 aromatic rings. The lowest BCUT2D eigenvalue weighted by atomic mass is 10.0. The van der Waals surface area contributed by atoms with Crippen LogP contribution in [0, 0.1) is 11.3 Å². The van der Waals surface area contributed by atoms with E-state index in [0.717, 1.165) is 19.1 Å². The maximum Gasteiger partial charge on any atom is 0.189 e. The van der Waals surface area contributed by atoms with Gasteiger partial charge in [0.05, 0.1) is 28.9 Å². The Morgan fingerprint density at radius 3 is 2.74 bits per heavy atom. The van der Waals surface area contributed by atoms with E-state index in [4.69, 9.17) is 9.26 Å². The van der Waals surface area contributed by atoms with Crippen LogP contribution in [0.2, 0.25) is 0 Å². The van der Waals surface area contributed by atoms with Crippen LogP contribution in [0.1, 0.15) is 42.6 Å². The minimum atomic E-state index is -0.698. The van der Waals surface area contributed by atoms with E-state index >= 15 is 0 Å². The third-order valence-corrected chi connectivity index (χ3v) is 5.15. The summed E-state index contributed by atoms with van der Waals surface area (Å²) in [5, 5.41) is 27.5. The summed E-state index contributed by atoms with van der Waals surface area (Å²) in [6, 6.07) is 3.88. The number of carbonyl (C=O) groups is 1. The average molecular weight is 370 g/mol. The van der Waals surface area contributed by atoms with Crippen LogP contribution < -0.4 is 10.2 Å². The summed E-state index contributed by atoms with van der Waals surface area (Å²) >= 11 is 0. The molecule has 2 aliphatic rings. The van der Waals surface area contributed by atoms with Gasteiger partial charge in [0.2, 0.25) is 0 Å². The quantitative estimate of drug-likeness (QED) is 0.769. The van der Waals surface area contributed by atoms with Crippen molar-refractivity contribution in [1.82, 2.24) is 5.16 Å². The van der Waals surface area contributed by atoms with Gasteiger partial charge in [0.25, 0.3) is 0 Å². The van der Waals surface area contributed by atoms with Gasteiger partial charge in [-0.2, -0.15) is 5.26 Å². The van der Waals surface area contributed by atoms with Crippen molar-refractivity contribution in [2.45, 2.75) is 44.5 Å². The molecule has 2 heterocycles. The van der Waals surface area contributed by atoms with Crippen molar-refractivity contribution in [2.24, 2.45) is 0 Å². The molecule has 2 fully saturated rings. The number of aromatic nitrogens is 1. The van der Waals surface area contributed by atoms with Gasteiger partial charge >= 0.3 is 0 Å². The van der Waals surface area contributed by atoms with Crippen molar-refractivity contribution in [3.63, 3.8) is 0 Å². The highest BCUT2D eigenvalue weighted by molar-refractivity contribution is 6.02. The molecule has 1 aliphatic heterocycles.